The number of benzene rings is 1. The quantitative estimate of drug-likeness (QED) is 0.469. The lowest BCUT2D eigenvalue weighted by Crippen LogP contribution is -2.08. The van der Waals surface area contributed by atoms with E-state index in [0.717, 1.165) is 11.1 Å². The Morgan fingerprint density at radius 3 is 2.61 bits per heavy atom. The second-order valence-electron chi connectivity index (χ2n) is 4.41. The van der Waals surface area contributed by atoms with Crippen molar-refractivity contribution in [3.8, 4) is 0 Å². The van der Waals surface area contributed by atoms with Crippen LogP contribution in [0.1, 0.15) is 18.9 Å². The zero-order valence-corrected chi connectivity index (χ0v) is 11.4. The fraction of sp³-hybridized carbons (Fsp3) is 0.267. The van der Waals surface area contributed by atoms with Crippen molar-refractivity contribution in [3.63, 3.8) is 0 Å². The second-order valence-corrected chi connectivity index (χ2v) is 5.29. The van der Waals surface area contributed by atoms with Crippen LogP contribution < -0.4 is 0 Å². The van der Waals surface area contributed by atoms with E-state index in [2.05, 4.69) is 6.58 Å². The monoisotopic (exact) mass is 260 g/mol. The van der Waals surface area contributed by atoms with Gasteiger partial charge in [0.1, 0.15) is 6.10 Å². The molecule has 0 bridgehead atoms. The van der Waals surface area contributed by atoms with Crippen molar-refractivity contribution in [2.75, 3.05) is 6.26 Å². The molecule has 0 saturated heterocycles. The first-order chi connectivity index (χ1) is 8.60. The Balaban J connectivity index is 2.20. The summed E-state index contributed by atoms with van der Waals surface area (Å²) in [5.41, 5.74) is 2.60. The third-order valence-electron chi connectivity index (χ3n) is 2.78. The molecule has 0 fully saturated rings. The largest absolute Gasteiger partial charge is 0.454 e. The molecule has 0 radical (unpaired) electrons. The maximum atomic E-state index is 11.8. The summed E-state index contributed by atoms with van der Waals surface area (Å²) in [6.45, 7) is 5.78. The zero-order chi connectivity index (χ0) is 13.1. The van der Waals surface area contributed by atoms with Gasteiger partial charge in [0.2, 0.25) is 0 Å². The Kier molecular flexibility index (Phi) is 3.92. The predicted molar refractivity (Wildman–Crippen MR) is 75.5 cm³/mol. The molecular formula is C15H16O2S. The number of ether oxygens (including phenoxy) is 1. The van der Waals surface area contributed by atoms with Crippen LogP contribution in [0.15, 0.2) is 47.4 Å². The van der Waals surface area contributed by atoms with Gasteiger partial charge in [0.05, 0.1) is 5.57 Å². The van der Waals surface area contributed by atoms with Gasteiger partial charge in [0.15, 0.2) is 0 Å². The average Bonchev–Trinajstić information content (AvgIpc) is 2.69. The summed E-state index contributed by atoms with van der Waals surface area (Å²) in [7, 11) is 0. The molecule has 2 nitrogen and oxygen atoms in total. The van der Waals surface area contributed by atoms with Crippen molar-refractivity contribution in [1.29, 1.82) is 0 Å². The number of cyclic esters (lactones) is 1. The molecule has 0 saturated carbocycles. The van der Waals surface area contributed by atoms with E-state index in [1.54, 1.807) is 11.8 Å². The smallest absolute Gasteiger partial charge is 0.339 e. The van der Waals surface area contributed by atoms with Gasteiger partial charge in [0.25, 0.3) is 0 Å². The maximum absolute atomic E-state index is 11.8. The van der Waals surface area contributed by atoms with E-state index in [1.807, 2.05) is 43.5 Å². The minimum absolute atomic E-state index is 0.162. The molecule has 3 heteroatoms. The van der Waals surface area contributed by atoms with Crippen LogP contribution in [0.25, 0.3) is 5.57 Å². The lowest BCUT2D eigenvalue weighted by atomic mass is 10.0. The SMILES string of the molecule is C=C(C)C[C@@H]1C=C(c2ccc(SC)cc2)C(=O)O1. The topological polar surface area (TPSA) is 26.3 Å². The summed E-state index contributed by atoms with van der Waals surface area (Å²) < 4.78 is 5.30. The minimum atomic E-state index is -0.238. The van der Waals surface area contributed by atoms with Gasteiger partial charge in [-0.05, 0) is 37.0 Å². The fourth-order valence-electron chi connectivity index (χ4n) is 1.92. The van der Waals surface area contributed by atoms with E-state index in [0.29, 0.717) is 12.0 Å². The molecule has 1 aliphatic rings. The molecule has 1 aromatic carbocycles. The molecule has 0 N–H and O–H groups in total. The van der Waals surface area contributed by atoms with Crippen molar-refractivity contribution in [3.05, 3.63) is 48.1 Å². The van der Waals surface area contributed by atoms with Crippen molar-refractivity contribution in [2.24, 2.45) is 0 Å². The second kappa shape index (κ2) is 5.44. The number of rotatable bonds is 4. The molecular weight excluding hydrogens is 244 g/mol. The van der Waals surface area contributed by atoms with Gasteiger partial charge in [-0.3, -0.25) is 0 Å². The normalized spacial score (nSPS) is 18.4. The highest BCUT2D eigenvalue weighted by atomic mass is 32.2. The predicted octanol–water partition coefficient (Wildman–Crippen LogP) is 3.68. The van der Waals surface area contributed by atoms with Gasteiger partial charge in [-0.1, -0.05) is 24.3 Å². The lowest BCUT2D eigenvalue weighted by Gasteiger charge is -2.06. The van der Waals surface area contributed by atoms with Gasteiger partial charge in [-0.25, -0.2) is 4.79 Å². The highest BCUT2D eigenvalue weighted by Crippen LogP contribution is 2.27. The zero-order valence-electron chi connectivity index (χ0n) is 10.6. The summed E-state index contributed by atoms with van der Waals surface area (Å²) in [6.07, 6.45) is 4.45. The van der Waals surface area contributed by atoms with Crippen LogP contribution >= 0.6 is 11.8 Å². The Morgan fingerprint density at radius 2 is 2.06 bits per heavy atom. The molecule has 18 heavy (non-hydrogen) atoms. The maximum Gasteiger partial charge on any atom is 0.339 e. The number of hydrogen-bond acceptors (Lipinski definition) is 3. The molecule has 0 aromatic heterocycles. The van der Waals surface area contributed by atoms with Crippen LogP contribution in [0, 0.1) is 0 Å². The third-order valence-corrected chi connectivity index (χ3v) is 3.53. The Hall–Kier alpha value is -1.48. The summed E-state index contributed by atoms with van der Waals surface area (Å²) >= 11 is 1.68. The van der Waals surface area contributed by atoms with Crippen molar-refractivity contribution < 1.29 is 9.53 Å². The number of thioether (sulfide) groups is 1. The number of esters is 1. The average molecular weight is 260 g/mol. The van der Waals surface area contributed by atoms with E-state index in [-0.39, 0.29) is 12.1 Å². The van der Waals surface area contributed by atoms with E-state index in [1.165, 1.54) is 4.90 Å². The lowest BCUT2D eigenvalue weighted by molar-refractivity contribution is -0.137. The van der Waals surface area contributed by atoms with Gasteiger partial charge in [-0.2, -0.15) is 0 Å². The summed E-state index contributed by atoms with van der Waals surface area (Å²) in [4.78, 5) is 13.0. The van der Waals surface area contributed by atoms with E-state index >= 15 is 0 Å². The molecule has 0 unspecified atom stereocenters. The number of hydrogen-bond donors (Lipinski definition) is 0. The fourth-order valence-corrected chi connectivity index (χ4v) is 2.33. The molecule has 94 valence electrons. The summed E-state index contributed by atoms with van der Waals surface area (Å²) in [5, 5.41) is 0. The first-order valence-corrected chi connectivity index (χ1v) is 7.04. The number of carbonyl (C=O) groups is 1. The van der Waals surface area contributed by atoms with Crippen molar-refractivity contribution in [2.45, 2.75) is 24.3 Å². The molecule has 0 aliphatic carbocycles. The van der Waals surface area contributed by atoms with Gasteiger partial charge in [-0.15, -0.1) is 11.8 Å². The summed E-state index contributed by atoms with van der Waals surface area (Å²) in [6, 6.07) is 7.95. The van der Waals surface area contributed by atoms with Gasteiger partial charge >= 0.3 is 5.97 Å². The van der Waals surface area contributed by atoms with Gasteiger partial charge in [0, 0.05) is 11.3 Å². The minimum Gasteiger partial charge on any atom is -0.454 e. The Labute approximate surface area is 112 Å². The van der Waals surface area contributed by atoms with Crippen LogP contribution in [-0.4, -0.2) is 18.3 Å². The number of carbonyl (C=O) groups excluding carboxylic acids is 1. The molecule has 1 heterocycles. The first kappa shape index (κ1) is 13.0. The molecule has 0 amide bonds. The molecule has 1 aliphatic heterocycles. The van der Waals surface area contributed by atoms with Crippen molar-refractivity contribution >= 4 is 23.3 Å². The Morgan fingerprint density at radius 1 is 1.39 bits per heavy atom. The van der Waals surface area contributed by atoms with Crippen molar-refractivity contribution in [1.82, 2.24) is 0 Å². The highest BCUT2D eigenvalue weighted by molar-refractivity contribution is 7.98. The molecule has 1 atom stereocenters. The Bertz CT molecular complexity index is 500. The van der Waals surface area contributed by atoms with E-state index in [9.17, 15) is 4.79 Å². The standard InChI is InChI=1S/C15H16O2S/c1-10(2)8-12-9-14(15(16)17-12)11-4-6-13(18-3)7-5-11/h4-7,9,12H,1,8H2,2-3H3/t12-/m1/s1. The summed E-state index contributed by atoms with van der Waals surface area (Å²) in [5.74, 6) is -0.238. The van der Waals surface area contributed by atoms with Gasteiger partial charge < -0.3 is 4.74 Å². The van der Waals surface area contributed by atoms with E-state index in [4.69, 9.17) is 4.74 Å². The van der Waals surface area contributed by atoms with E-state index < -0.39 is 0 Å². The van der Waals surface area contributed by atoms with Crippen LogP contribution in [-0.2, 0) is 9.53 Å². The van der Waals surface area contributed by atoms with Crippen LogP contribution in [0.4, 0.5) is 0 Å². The third kappa shape index (κ3) is 2.85. The molecule has 2 rings (SSSR count). The van der Waals surface area contributed by atoms with Crippen LogP contribution in [0.3, 0.4) is 0 Å². The first-order valence-electron chi connectivity index (χ1n) is 5.82. The van der Waals surface area contributed by atoms with Crippen LogP contribution in [0.2, 0.25) is 0 Å². The highest BCUT2D eigenvalue weighted by Gasteiger charge is 2.26. The molecule has 0 spiro atoms. The molecule has 1 aromatic rings. The van der Waals surface area contributed by atoms with Crippen LogP contribution in [0.5, 0.6) is 0 Å².